The van der Waals surface area contributed by atoms with Crippen molar-refractivity contribution in [3.63, 3.8) is 0 Å². The highest BCUT2D eigenvalue weighted by Gasteiger charge is 2.34. The Kier molecular flexibility index (Phi) is 8.04. The summed E-state index contributed by atoms with van der Waals surface area (Å²) in [5, 5.41) is 15.6. The van der Waals surface area contributed by atoms with Crippen molar-refractivity contribution in [2.24, 2.45) is 16.8 Å². The smallest absolute Gasteiger partial charge is 0.229 e. The molecule has 2 unspecified atom stereocenters. The summed E-state index contributed by atoms with van der Waals surface area (Å²) in [6.07, 6.45) is 3.88. The molecule has 172 valence electrons. The zero-order valence-corrected chi connectivity index (χ0v) is 18.1. The third kappa shape index (κ3) is 6.59. The molecule has 3 fully saturated rings. The van der Waals surface area contributed by atoms with Gasteiger partial charge in [0.1, 0.15) is 18.5 Å². The Labute approximate surface area is 177 Å². The number of alkyl halides is 2. The average molecular weight is 430 g/mol. The molecule has 0 spiro atoms. The molecular formula is C21H37F2N5O2. The molecule has 0 aromatic heterocycles. The van der Waals surface area contributed by atoms with E-state index in [0.29, 0.717) is 50.4 Å². The average Bonchev–Trinajstić information content (AvgIpc) is 3.17. The number of hydrazine groups is 1. The number of hydrogen-bond acceptors (Lipinski definition) is 5. The minimum Gasteiger partial charge on any atom is -0.394 e. The summed E-state index contributed by atoms with van der Waals surface area (Å²) in [5.74, 6) is 0.347. The van der Waals surface area contributed by atoms with Gasteiger partial charge in [0.05, 0.1) is 12.1 Å². The van der Waals surface area contributed by atoms with E-state index in [0.717, 1.165) is 19.3 Å². The van der Waals surface area contributed by atoms with Crippen molar-refractivity contribution in [3.05, 3.63) is 0 Å². The predicted octanol–water partition coefficient (Wildman–Crippen LogP) is 2.07. The molecule has 0 bridgehead atoms. The lowest BCUT2D eigenvalue weighted by atomic mass is 9.82. The van der Waals surface area contributed by atoms with Crippen LogP contribution in [0.2, 0.25) is 0 Å². The van der Waals surface area contributed by atoms with Crippen LogP contribution in [0.3, 0.4) is 0 Å². The molecule has 1 saturated heterocycles. The molecule has 0 radical (unpaired) electrons. The van der Waals surface area contributed by atoms with Crippen LogP contribution in [0.15, 0.2) is 4.99 Å². The molecule has 1 aliphatic heterocycles. The molecule has 9 heteroatoms. The van der Waals surface area contributed by atoms with Gasteiger partial charge in [-0.25, -0.2) is 19.2 Å². The molecule has 1 heterocycles. The normalized spacial score (nSPS) is 35.8. The van der Waals surface area contributed by atoms with E-state index < -0.39 is 17.9 Å². The number of carbonyl (C=O) groups is 1. The first-order valence-corrected chi connectivity index (χ1v) is 11.3. The lowest BCUT2D eigenvalue weighted by Gasteiger charge is -2.29. The highest BCUT2D eigenvalue weighted by Crippen LogP contribution is 2.31. The van der Waals surface area contributed by atoms with E-state index >= 15 is 0 Å². The largest absolute Gasteiger partial charge is 0.394 e. The van der Waals surface area contributed by atoms with Gasteiger partial charge < -0.3 is 10.4 Å². The first-order valence-electron chi connectivity index (χ1n) is 11.3. The van der Waals surface area contributed by atoms with E-state index in [4.69, 9.17) is 0 Å². The topological polar surface area (TPSA) is 97.8 Å². The van der Waals surface area contributed by atoms with Gasteiger partial charge in [-0.05, 0) is 71.1 Å². The van der Waals surface area contributed by atoms with Crippen LogP contribution in [0.5, 0.6) is 0 Å². The third-order valence-corrected chi connectivity index (χ3v) is 6.59. The van der Waals surface area contributed by atoms with Crippen LogP contribution in [-0.4, -0.2) is 53.7 Å². The van der Waals surface area contributed by atoms with Crippen molar-refractivity contribution < 1.29 is 18.7 Å². The number of carbonyl (C=O) groups excluding carboxylic acids is 1. The summed E-state index contributed by atoms with van der Waals surface area (Å²) >= 11 is 0. The quantitative estimate of drug-likeness (QED) is 0.341. The van der Waals surface area contributed by atoms with E-state index in [9.17, 15) is 18.7 Å². The summed E-state index contributed by atoms with van der Waals surface area (Å²) in [7, 11) is 0. The molecule has 1 amide bonds. The summed E-state index contributed by atoms with van der Waals surface area (Å²) in [6.45, 7) is 3.52. The van der Waals surface area contributed by atoms with E-state index in [1.54, 1.807) is 0 Å². The summed E-state index contributed by atoms with van der Waals surface area (Å²) in [6, 6.07) is 0.217. The standard InChI is InChI=1S/C21H37F2N5O2/c1-21(2,12-29)26-20(25-19(30)14-5-9-16(23)10-6-14)24-18-11-17(27-28-18)13-3-7-15(22)8-4-13/h13-18,27-29H,3-12H2,1-2H3,(H2,24,25,26,30). The van der Waals surface area contributed by atoms with Crippen molar-refractivity contribution in [2.75, 3.05) is 6.61 Å². The summed E-state index contributed by atoms with van der Waals surface area (Å²) < 4.78 is 26.8. The van der Waals surface area contributed by atoms with Crippen molar-refractivity contribution in [2.45, 2.75) is 102 Å². The van der Waals surface area contributed by atoms with Gasteiger partial charge in [-0.15, -0.1) is 0 Å². The number of aliphatic imine (C=N–C) groups is 1. The fourth-order valence-electron chi connectivity index (χ4n) is 4.58. The molecule has 30 heavy (non-hydrogen) atoms. The number of rotatable bonds is 5. The number of nitrogens with zero attached hydrogens (tertiary/aromatic N) is 1. The Morgan fingerprint density at radius 1 is 1.03 bits per heavy atom. The Balaban J connectivity index is 1.61. The zero-order valence-electron chi connectivity index (χ0n) is 18.1. The maximum Gasteiger partial charge on any atom is 0.229 e. The van der Waals surface area contributed by atoms with Gasteiger partial charge in [-0.2, -0.15) is 0 Å². The van der Waals surface area contributed by atoms with Crippen LogP contribution >= 0.6 is 0 Å². The van der Waals surface area contributed by atoms with Crippen molar-refractivity contribution in [1.82, 2.24) is 21.5 Å². The summed E-state index contributed by atoms with van der Waals surface area (Å²) in [5.41, 5.74) is 5.80. The third-order valence-electron chi connectivity index (χ3n) is 6.59. The van der Waals surface area contributed by atoms with Crippen molar-refractivity contribution in [1.29, 1.82) is 0 Å². The molecule has 2 saturated carbocycles. The van der Waals surface area contributed by atoms with Crippen LogP contribution in [0, 0.1) is 11.8 Å². The first kappa shape index (κ1) is 23.3. The van der Waals surface area contributed by atoms with Crippen LogP contribution in [0.1, 0.15) is 71.6 Å². The van der Waals surface area contributed by atoms with Crippen LogP contribution in [-0.2, 0) is 4.79 Å². The molecule has 2 atom stereocenters. The number of hydrogen-bond donors (Lipinski definition) is 5. The Morgan fingerprint density at radius 2 is 1.63 bits per heavy atom. The van der Waals surface area contributed by atoms with Crippen LogP contribution in [0.4, 0.5) is 8.78 Å². The second-order valence-electron chi connectivity index (χ2n) is 9.74. The van der Waals surface area contributed by atoms with Gasteiger partial charge in [0.25, 0.3) is 0 Å². The van der Waals surface area contributed by atoms with E-state index in [1.807, 2.05) is 13.8 Å². The number of nitrogens with one attached hydrogen (secondary N) is 4. The van der Waals surface area contributed by atoms with Gasteiger partial charge in [0.15, 0.2) is 5.96 Å². The van der Waals surface area contributed by atoms with Crippen molar-refractivity contribution in [3.8, 4) is 0 Å². The molecule has 2 aliphatic carbocycles. The summed E-state index contributed by atoms with van der Waals surface area (Å²) in [4.78, 5) is 17.4. The number of aliphatic hydroxyl groups excluding tert-OH is 1. The minimum absolute atomic E-state index is 0.125. The highest BCUT2D eigenvalue weighted by molar-refractivity contribution is 5.98. The maximum atomic E-state index is 13.4. The SMILES string of the molecule is CC(C)(CO)N/C(=N\C1CC(C2CCC(F)CC2)NN1)NC(=O)C1CCC(F)CC1. The maximum absolute atomic E-state index is 13.4. The predicted molar refractivity (Wildman–Crippen MR) is 112 cm³/mol. The van der Waals surface area contributed by atoms with Crippen LogP contribution < -0.4 is 21.5 Å². The second kappa shape index (κ2) is 10.3. The van der Waals surface area contributed by atoms with E-state index in [1.165, 1.54) is 0 Å². The number of aliphatic hydroxyl groups is 1. The Bertz CT molecular complexity index is 602. The fraction of sp³-hybridized carbons (Fsp3) is 0.905. The van der Waals surface area contributed by atoms with E-state index in [2.05, 4.69) is 26.5 Å². The monoisotopic (exact) mass is 429 g/mol. The van der Waals surface area contributed by atoms with Gasteiger partial charge in [-0.3, -0.25) is 15.5 Å². The van der Waals surface area contributed by atoms with E-state index in [-0.39, 0.29) is 30.6 Å². The number of amides is 1. The van der Waals surface area contributed by atoms with Crippen LogP contribution in [0.25, 0.3) is 0 Å². The molecule has 3 rings (SSSR count). The number of halogens is 2. The Hall–Kier alpha value is -1.32. The molecule has 0 aromatic rings. The molecule has 0 aromatic carbocycles. The molecule has 5 N–H and O–H groups in total. The highest BCUT2D eigenvalue weighted by atomic mass is 19.1. The lowest BCUT2D eigenvalue weighted by Crippen LogP contribution is -2.54. The zero-order chi connectivity index (χ0) is 21.7. The number of guanidine groups is 1. The molecular weight excluding hydrogens is 392 g/mol. The Morgan fingerprint density at radius 3 is 2.23 bits per heavy atom. The van der Waals surface area contributed by atoms with Gasteiger partial charge >= 0.3 is 0 Å². The van der Waals surface area contributed by atoms with Gasteiger partial charge in [0, 0.05) is 18.4 Å². The fourth-order valence-corrected chi connectivity index (χ4v) is 4.58. The molecule has 7 nitrogen and oxygen atoms in total. The second-order valence-corrected chi connectivity index (χ2v) is 9.74. The molecule has 3 aliphatic rings. The van der Waals surface area contributed by atoms with Crippen molar-refractivity contribution >= 4 is 11.9 Å². The minimum atomic E-state index is -0.813. The lowest BCUT2D eigenvalue weighted by molar-refractivity contribution is -0.124. The van der Waals surface area contributed by atoms with Gasteiger partial charge in [0.2, 0.25) is 5.91 Å². The first-order chi connectivity index (χ1) is 14.3. The van der Waals surface area contributed by atoms with Gasteiger partial charge in [-0.1, -0.05) is 0 Å².